The molecule has 0 aliphatic rings. The number of hydrogen-bond acceptors (Lipinski definition) is 4. The second kappa shape index (κ2) is 4.99. The molecule has 1 atom stereocenters. The van der Waals surface area contributed by atoms with Crippen LogP contribution in [0.15, 0.2) is 12.4 Å². The van der Waals surface area contributed by atoms with Gasteiger partial charge < -0.3 is 10.1 Å². The predicted octanol–water partition coefficient (Wildman–Crippen LogP) is 1.58. The summed E-state index contributed by atoms with van der Waals surface area (Å²) in [6.07, 6.45) is 3.14. The van der Waals surface area contributed by atoms with E-state index in [-0.39, 0.29) is 6.04 Å². The number of aromatic nitrogens is 2. The third kappa shape index (κ3) is 3.16. The molecule has 13 heavy (non-hydrogen) atoms. The van der Waals surface area contributed by atoms with Crippen LogP contribution < -0.4 is 5.32 Å². The SMILES string of the molecule is COCC(C)Nc1nccnc1Cl. The largest absolute Gasteiger partial charge is 0.383 e. The summed E-state index contributed by atoms with van der Waals surface area (Å²) in [7, 11) is 1.65. The molecule has 0 radical (unpaired) electrons. The highest BCUT2D eigenvalue weighted by atomic mass is 35.5. The van der Waals surface area contributed by atoms with Crippen molar-refractivity contribution in [2.24, 2.45) is 0 Å². The molecule has 1 unspecified atom stereocenters. The van der Waals surface area contributed by atoms with Gasteiger partial charge in [-0.05, 0) is 6.92 Å². The summed E-state index contributed by atoms with van der Waals surface area (Å²) in [5.74, 6) is 0.591. The quantitative estimate of drug-likeness (QED) is 0.804. The third-order valence-electron chi connectivity index (χ3n) is 1.45. The molecule has 0 aliphatic carbocycles. The smallest absolute Gasteiger partial charge is 0.171 e. The second-order valence-corrected chi connectivity index (χ2v) is 3.05. The normalized spacial score (nSPS) is 12.5. The van der Waals surface area contributed by atoms with Gasteiger partial charge in [0.05, 0.1) is 6.61 Å². The van der Waals surface area contributed by atoms with Crippen LogP contribution in [0.5, 0.6) is 0 Å². The van der Waals surface area contributed by atoms with Crippen LogP contribution in [-0.4, -0.2) is 29.7 Å². The zero-order chi connectivity index (χ0) is 9.68. The van der Waals surface area contributed by atoms with Gasteiger partial charge in [0.25, 0.3) is 0 Å². The molecule has 1 aromatic heterocycles. The lowest BCUT2D eigenvalue weighted by Gasteiger charge is -2.13. The van der Waals surface area contributed by atoms with Crippen LogP contribution in [-0.2, 0) is 4.74 Å². The van der Waals surface area contributed by atoms with E-state index in [1.807, 2.05) is 6.92 Å². The Morgan fingerprint density at radius 2 is 2.23 bits per heavy atom. The number of methoxy groups -OCH3 is 1. The first kappa shape index (κ1) is 10.2. The number of ether oxygens (including phenoxy) is 1. The minimum Gasteiger partial charge on any atom is -0.383 e. The Bertz CT molecular complexity index is 269. The van der Waals surface area contributed by atoms with E-state index in [1.54, 1.807) is 19.5 Å². The Hall–Kier alpha value is -0.870. The molecular weight excluding hydrogens is 190 g/mol. The van der Waals surface area contributed by atoms with Gasteiger partial charge in [-0.15, -0.1) is 0 Å². The molecule has 0 amide bonds. The van der Waals surface area contributed by atoms with Gasteiger partial charge >= 0.3 is 0 Å². The summed E-state index contributed by atoms with van der Waals surface area (Å²) in [5, 5.41) is 3.46. The first-order valence-corrected chi connectivity index (χ1v) is 4.34. The lowest BCUT2D eigenvalue weighted by atomic mass is 10.3. The summed E-state index contributed by atoms with van der Waals surface area (Å²) in [6.45, 7) is 2.58. The first-order valence-electron chi connectivity index (χ1n) is 3.96. The minimum atomic E-state index is 0.166. The van der Waals surface area contributed by atoms with Crippen LogP contribution in [0.1, 0.15) is 6.92 Å². The predicted molar refractivity (Wildman–Crippen MR) is 52.0 cm³/mol. The summed E-state index contributed by atoms with van der Waals surface area (Å²) < 4.78 is 4.96. The van der Waals surface area contributed by atoms with Gasteiger partial charge in [0.2, 0.25) is 0 Å². The van der Waals surface area contributed by atoms with E-state index in [4.69, 9.17) is 16.3 Å². The molecule has 0 aliphatic heterocycles. The molecule has 0 fully saturated rings. The molecule has 1 N–H and O–H groups in total. The molecule has 4 nitrogen and oxygen atoms in total. The molecule has 72 valence electrons. The van der Waals surface area contributed by atoms with E-state index in [1.165, 1.54) is 0 Å². The van der Waals surface area contributed by atoms with Crippen LogP contribution in [0, 0.1) is 0 Å². The van der Waals surface area contributed by atoms with Gasteiger partial charge in [0.15, 0.2) is 11.0 Å². The monoisotopic (exact) mass is 201 g/mol. The van der Waals surface area contributed by atoms with Gasteiger partial charge in [-0.2, -0.15) is 0 Å². The van der Waals surface area contributed by atoms with Crippen LogP contribution in [0.25, 0.3) is 0 Å². The summed E-state index contributed by atoms with van der Waals surface area (Å²) in [5.41, 5.74) is 0. The molecule has 0 saturated carbocycles. The number of nitrogens with zero attached hydrogens (tertiary/aromatic N) is 2. The van der Waals surface area contributed by atoms with E-state index in [9.17, 15) is 0 Å². The van der Waals surface area contributed by atoms with E-state index >= 15 is 0 Å². The van der Waals surface area contributed by atoms with Crippen LogP contribution in [0.2, 0.25) is 5.15 Å². The molecule has 5 heteroatoms. The van der Waals surface area contributed by atoms with Gasteiger partial charge in [-0.25, -0.2) is 9.97 Å². The zero-order valence-corrected chi connectivity index (χ0v) is 8.38. The maximum atomic E-state index is 5.79. The van der Waals surface area contributed by atoms with Gasteiger partial charge in [0, 0.05) is 25.5 Å². The number of hydrogen-bond donors (Lipinski definition) is 1. The van der Waals surface area contributed by atoms with Crippen molar-refractivity contribution in [3.63, 3.8) is 0 Å². The summed E-state index contributed by atoms with van der Waals surface area (Å²) in [6, 6.07) is 0.166. The molecule has 1 heterocycles. The van der Waals surface area contributed by atoms with Crippen molar-refractivity contribution in [2.75, 3.05) is 19.0 Å². The number of anilines is 1. The van der Waals surface area contributed by atoms with Crippen molar-refractivity contribution in [2.45, 2.75) is 13.0 Å². The fraction of sp³-hybridized carbons (Fsp3) is 0.500. The topological polar surface area (TPSA) is 47.0 Å². The molecule has 0 bridgehead atoms. The third-order valence-corrected chi connectivity index (χ3v) is 1.73. The fourth-order valence-corrected chi connectivity index (χ4v) is 1.10. The molecule has 0 saturated heterocycles. The van der Waals surface area contributed by atoms with Crippen molar-refractivity contribution in [1.82, 2.24) is 9.97 Å². The Morgan fingerprint density at radius 1 is 1.54 bits per heavy atom. The van der Waals surface area contributed by atoms with Crippen molar-refractivity contribution in [3.8, 4) is 0 Å². The summed E-state index contributed by atoms with van der Waals surface area (Å²) in [4.78, 5) is 7.93. The van der Waals surface area contributed by atoms with E-state index < -0.39 is 0 Å². The van der Waals surface area contributed by atoms with Gasteiger partial charge in [0.1, 0.15) is 0 Å². The second-order valence-electron chi connectivity index (χ2n) is 2.70. The molecule has 1 aromatic rings. The fourth-order valence-electron chi connectivity index (χ4n) is 0.943. The van der Waals surface area contributed by atoms with Crippen molar-refractivity contribution < 1.29 is 4.74 Å². The number of rotatable bonds is 4. The van der Waals surface area contributed by atoms with Gasteiger partial charge in [-0.3, -0.25) is 0 Å². The van der Waals surface area contributed by atoms with Crippen LogP contribution in [0.3, 0.4) is 0 Å². The number of halogens is 1. The molecule has 0 spiro atoms. The molecule has 1 rings (SSSR count). The highest BCUT2D eigenvalue weighted by Crippen LogP contribution is 2.14. The Labute approximate surface area is 82.3 Å². The van der Waals surface area contributed by atoms with Gasteiger partial charge in [-0.1, -0.05) is 11.6 Å². The standard InChI is InChI=1S/C8H12ClN3O/c1-6(5-13-2)12-8-7(9)10-3-4-11-8/h3-4,6H,5H2,1-2H3,(H,11,12). The molecular formula is C8H12ClN3O. The average molecular weight is 202 g/mol. The Morgan fingerprint density at radius 3 is 2.85 bits per heavy atom. The van der Waals surface area contributed by atoms with Crippen molar-refractivity contribution in [1.29, 1.82) is 0 Å². The Kier molecular flexibility index (Phi) is 3.92. The lowest BCUT2D eigenvalue weighted by Crippen LogP contribution is -2.21. The highest BCUT2D eigenvalue weighted by molar-refractivity contribution is 6.31. The van der Waals surface area contributed by atoms with Crippen LogP contribution >= 0.6 is 11.6 Å². The maximum absolute atomic E-state index is 5.79. The van der Waals surface area contributed by atoms with E-state index in [0.29, 0.717) is 17.6 Å². The van der Waals surface area contributed by atoms with E-state index in [2.05, 4.69) is 15.3 Å². The molecule has 0 aromatic carbocycles. The minimum absolute atomic E-state index is 0.166. The van der Waals surface area contributed by atoms with Crippen molar-refractivity contribution >= 4 is 17.4 Å². The highest BCUT2D eigenvalue weighted by Gasteiger charge is 2.05. The van der Waals surface area contributed by atoms with Crippen molar-refractivity contribution in [3.05, 3.63) is 17.5 Å². The average Bonchev–Trinajstić information content (AvgIpc) is 2.09. The lowest BCUT2D eigenvalue weighted by molar-refractivity contribution is 0.190. The maximum Gasteiger partial charge on any atom is 0.171 e. The number of nitrogens with one attached hydrogen (secondary N) is 1. The zero-order valence-electron chi connectivity index (χ0n) is 7.62. The Balaban J connectivity index is 2.58. The van der Waals surface area contributed by atoms with E-state index in [0.717, 1.165) is 0 Å². The summed E-state index contributed by atoms with van der Waals surface area (Å²) >= 11 is 5.79. The van der Waals surface area contributed by atoms with Crippen LogP contribution in [0.4, 0.5) is 5.82 Å². The first-order chi connectivity index (χ1) is 6.24.